The first-order valence-electron chi connectivity index (χ1n) is 9.21. The minimum Gasteiger partial charge on any atom is -0.457 e. The number of ketones is 1. The number of Topliss-reactive ketones (excluding diaryl/α,β-unsaturated/α-hetero) is 1. The van der Waals surface area contributed by atoms with Gasteiger partial charge in [-0.05, 0) is 49.6 Å². The van der Waals surface area contributed by atoms with Crippen molar-refractivity contribution >= 4 is 21.8 Å². The summed E-state index contributed by atoms with van der Waals surface area (Å²) in [6.45, 7) is 2.64. The lowest BCUT2D eigenvalue weighted by molar-refractivity contribution is -0.141. The van der Waals surface area contributed by atoms with Crippen molar-refractivity contribution in [2.75, 3.05) is 19.7 Å². The molecule has 0 saturated carbocycles. The molecular formula is C21H23NO5S. The molecule has 0 spiro atoms. The van der Waals surface area contributed by atoms with Gasteiger partial charge in [0, 0.05) is 18.7 Å². The molecule has 1 fully saturated rings. The quantitative estimate of drug-likeness (QED) is 0.526. The van der Waals surface area contributed by atoms with Crippen LogP contribution in [0, 0.1) is 6.92 Å². The Balaban J connectivity index is 1.55. The number of esters is 1. The van der Waals surface area contributed by atoms with E-state index < -0.39 is 16.0 Å². The van der Waals surface area contributed by atoms with Gasteiger partial charge < -0.3 is 4.74 Å². The molecule has 0 aliphatic carbocycles. The van der Waals surface area contributed by atoms with Gasteiger partial charge >= 0.3 is 5.97 Å². The van der Waals surface area contributed by atoms with Gasteiger partial charge in [0.1, 0.15) is 0 Å². The Kier molecular flexibility index (Phi) is 6.26. The summed E-state index contributed by atoms with van der Waals surface area (Å²) in [5.41, 5.74) is 2.23. The zero-order valence-corrected chi connectivity index (χ0v) is 16.6. The average Bonchev–Trinajstić information content (AvgIpc) is 3.24. The first kappa shape index (κ1) is 20.2. The van der Waals surface area contributed by atoms with Crippen molar-refractivity contribution in [2.24, 2.45) is 0 Å². The van der Waals surface area contributed by atoms with E-state index in [-0.39, 0.29) is 23.7 Å². The van der Waals surface area contributed by atoms with Crippen LogP contribution < -0.4 is 0 Å². The Morgan fingerprint density at radius 3 is 2.18 bits per heavy atom. The van der Waals surface area contributed by atoms with Crippen LogP contribution in [0.3, 0.4) is 0 Å². The fourth-order valence-corrected chi connectivity index (χ4v) is 4.56. The van der Waals surface area contributed by atoms with Crippen LogP contribution in [0.2, 0.25) is 0 Å². The maximum Gasteiger partial charge on any atom is 0.310 e. The molecule has 148 valence electrons. The normalized spacial score (nSPS) is 14.8. The molecule has 1 aliphatic rings. The summed E-state index contributed by atoms with van der Waals surface area (Å²) in [6.07, 6.45) is 1.83. The fourth-order valence-electron chi connectivity index (χ4n) is 3.04. The van der Waals surface area contributed by atoms with E-state index in [0.29, 0.717) is 18.7 Å². The number of carbonyl (C=O) groups is 2. The number of aryl methyl sites for hydroxylation is 1. The van der Waals surface area contributed by atoms with E-state index in [1.807, 2.05) is 31.2 Å². The second kappa shape index (κ2) is 8.67. The molecule has 0 bridgehead atoms. The van der Waals surface area contributed by atoms with E-state index in [1.54, 1.807) is 0 Å². The molecule has 0 unspecified atom stereocenters. The molecule has 0 N–H and O–H groups in total. The van der Waals surface area contributed by atoms with Gasteiger partial charge in [0.2, 0.25) is 10.0 Å². The number of hydrogen-bond donors (Lipinski definition) is 0. The minimum absolute atomic E-state index is 0.0978. The van der Waals surface area contributed by atoms with Crippen LogP contribution in [0.1, 0.15) is 34.3 Å². The van der Waals surface area contributed by atoms with Crippen molar-refractivity contribution in [3.8, 4) is 0 Å². The topological polar surface area (TPSA) is 80.8 Å². The molecule has 1 saturated heterocycles. The van der Waals surface area contributed by atoms with Crippen molar-refractivity contribution in [3.63, 3.8) is 0 Å². The largest absolute Gasteiger partial charge is 0.457 e. The maximum atomic E-state index is 12.5. The van der Waals surface area contributed by atoms with Gasteiger partial charge in [0.15, 0.2) is 12.4 Å². The van der Waals surface area contributed by atoms with E-state index in [0.717, 1.165) is 24.0 Å². The number of carbonyl (C=O) groups excluding carboxylic acids is 2. The molecule has 1 heterocycles. The Bertz CT molecular complexity index is 943. The van der Waals surface area contributed by atoms with E-state index in [1.165, 1.54) is 28.6 Å². The smallest absolute Gasteiger partial charge is 0.310 e. The van der Waals surface area contributed by atoms with Gasteiger partial charge in [-0.25, -0.2) is 8.42 Å². The van der Waals surface area contributed by atoms with Crippen LogP contribution in [0.5, 0.6) is 0 Å². The summed E-state index contributed by atoms with van der Waals surface area (Å²) in [5, 5.41) is 0. The van der Waals surface area contributed by atoms with E-state index in [2.05, 4.69) is 0 Å². The molecule has 28 heavy (non-hydrogen) atoms. The van der Waals surface area contributed by atoms with Gasteiger partial charge in [-0.2, -0.15) is 4.31 Å². The molecule has 0 radical (unpaired) electrons. The number of nitrogens with zero attached hydrogens (tertiary/aromatic N) is 1. The molecule has 0 aromatic heterocycles. The van der Waals surface area contributed by atoms with Crippen molar-refractivity contribution in [2.45, 2.75) is 31.1 Å². The molecule has 3 rings (SSSR count). The van der Waals surface area contributed by atoms with Gasteiger partial charge in [-0.3, -0.25) is 9.59 Å². The van der Waals surface area contributed by atoms with Gasteiger partial charge in [0.05, 0.1) is 11.3 Å². The van der Waals surface area contributed by atoms with E-state index in [9.17, 15) is 18.0 Å². The van der Waals surface area contributed by atoms with Crippen LogP contribution in [0.4, 0.5) is 0 Å². The SMILES string of the molecule is Cc1ccc(CC(=O)OCC(=O)c2ccc(S(=O)(=O)N3CCCC3)cc2)cc1. The summed E-state index contributed by atoms with van der Waals surface area (Å²) >= 11 is 0. The van der Waals surface area contributed by atoms with Crippen molar-refractivity contribution < 1.29 is 22.7 Å². The van der Waals surface area contributed by atoms with Crippen molar-refractivity contribution in [3.05, 3.63) is 65.2 Å². The summed E-state index contributed by atoms with van der Waals surface area (Å²) in [4.78, 5) is 24.3. The first-order chi connectivity index (χ1) is 13.4. The van der Waals surface area contributed by atoms with Gasteiger partial charge in [-0.1, -0.05) is 29.8 Å². The van der Waals surface area contributed by atoms with E-state index in [4.69, 9.17) is 4.74 Å². The second-order valence-electron chi connectivity index (χ2n) is 6.88. The molecular weight excluding hydrogens is 378 g/mol. The molecule has 1 aliphatic heterocycles. The summed E-state index contributed by atoms with van der Waals surface area (Å²) < 4.78 is 31.5. The number of ether oxygens (including phenoxy) is 1. The highest BCUT2D eigenvalue weighted by atomic mass is 32.2. The minimum atomic E-state index is -3.51. The standard InChI is InChI=1S/C21H23NO5S/c1-16-4-6-17(7-5-16)14-21(24)27-15-20(23)18-8-10-19(11-9-18)28(25,26)22-12-2-3-13-22/h4-11H,2-3,12-15H2,1H3. The summed E-state index contributed by atoms with van der Waals surface area (Å²) in [5.74, 6) is -0.854. The first-order valence-corrected chi connectivity index (χ1v) is 10.6. The predicted octanol–water partition coefficient (Wildman–Crippen LogP) is 2.75. The fraction of sp³-hybridized carbons (Fsp3) is 0.333. The number of benzene rings is 2. The highest BCUT2D eigenvalue weighted by molar-refractivity contribution is 7.89. The van der Waals surface area contributed by atoms with E-state index >= 15 is 0 Å². The molecule has 0 atom stereocenters. The van der Waals surface area contributed by atoms with Crippen LogP contribution in [-0.2, 0) is 26.0 Å². The van der Waals surface area contributed by atoms with Gasteiger partial charge in [0.25, 0.3) is 0 Å². The summed E-state index contributed by atoms with van der Waals surface area (Å²) in [7, 11) is -3.51. The molecule has 6 nitrogen and oxygen atoms in total. The highest BCUT2D eigenvalue weighted by Crippen LogP contribution is 2.21. The molecule has 7 heteroatoms. The lowest BCUT2D eigenvalue weighted by Crippen LogP contribution is -2.27. The molecule has 2 aromatic carbocycles. The van der Waals surface area contributed by atoms with Crippen LogP contribution in [0.25, 0.3) is 0 Å². The molecule has 2 aromatic rings. The Hall–Kier alpha value is -2.51. The zero-order valence-electron chi connectivity index (χ0n) is 15.8. The van der Waals surface area contributed by atoms with Gasteiger partial charge in [-0.15, -0.1) is 0 Å². The Labute approximate surface area is 165 Å². The lowest BCUT2D eigenvalue weighted by Gasteiger charge is -2.15. The third-order valence-corrected chi connectivity index (χ3v) is 6.63. The van der Waals surface area contributed by atoms with Crippen molar-refractivity contribution in [1.29, 1.82) is 0 Å². The average molecular weight is 401 g/mol. The third-order valence-electron chi connectivity index (χ3n) is 4.71. The maximum absolute atomic E-state index is 12.5. The predicted molar refractivity (Wildman–Crippen MR) is 105 cm³/mol. The number of hydrogen-bond acceptors (Lipinski definition) is 5. The number of rotatable bonds is 7. The summed E-state index contributed by atoms with van der Waals surface area (Å²) in [6, 6.07) is 13.3. The van der Waals surface area contributed by atoms with Crippen LogP contribution >= 0.6 is 0 Å². The van der Waals surface area contributed by atoms with Crippen LogP contribution in [0.15, 0.2) is 53.4 Å². The lowest BCUT2D eigenvalue weighted by atomic mass is 10.1. The molecule has 0 amide bonds. The third kappa shape index (κ3) is 4.85. The number of sulfonamides is 1. The monoisotopic (exact) mass is 401 g/mol. The Morgan fingerprint density at radius 1 is 0.964 bits per heavy atom. The van der Waals surface area contributed by atoms with Crippen LogP contribution in [-0.4, -0.2) is 44.2 Å². The zero-order chi connectivity index (χ0) is 20.1. The van der Waals surface area contributed by atoms with Crippen molar-refractivity contribution in [1.82, 2.24) is 4.31 Å². The Morgan fingerprint density at radius 2 is 1.57 bits per heavy atom. The highest BCUT2D eigenvalue weighted by Gasteiger charge is 2.27. The second-order valence-corrected chi connectivity index (χ2v) is 8.82.